The number of ether oxygens (including phenoxy) is 2. The summed E-state index contributed by atoms with van der Waals surface area (Å²) in [4.78, 5) is 11.6. The van der Waals surface area contributed by atoms with Crippen LogP contribution in [0.1, 0.15) is 58.3 Å². The van der Waals surface area contributed by atoms with Gasteiger partial charge in [0.15, 0.2) is 0 Å². The van der Waals surface area contributed by atoms with E-state index in [1.807, 2.05) is 0 Å². The number of carbonyl (C=O) groups excluding carboxylic acids is 1. The van der Waals surface area contributed by atoms with Crippen molar-refractivity contribution >= 4 is 5.97 Å². The summed E-state index contributed by atoms with van der Waals surface area (Å²) < 4.78 is 10.7. The van der Waals surface area contributed by atoms with Crippen LogP contribution in [0, 0.1) is 0 Å². The van der Waals surface area contributed by atoms with E-state index in [1.54, 1.807) is 0 Å². The van der Waals surface area contributed by atoms with Crippen LogP contribution in [0.25, 0.3) is 0 Å². The lowest BCUT2D eigenvalue weighted by Crippen LogP contribution is -2.39. The predicted molar refractivity (Wildman–Crippen MR) is 76.2 cm³/mol. The van der Waals surface area contributed by atoms with E-state index in [0.717, 1.165) is 25.8 Å². The van der Waals surface area contributed by atoms with Gasteiger partial charge in [0.1, 0.15) is 6.04 Å². The van der Waals surface area contributed by atoms with Gasteiger partial charge in [0.05, 0.1) is 19.8 Å². The maximum absolute atomic E-state index is 11.6. The number of carbonyl (C=O) groups is 1. The molecule has 1 fully saturated rings. The number of nitrogens with one attached hydrogen (secondary N) is 1. The van der Waals surface area contributed by atoms with Crippen LogP contribution in [0.5, 0.6) is 0 Å². The zero-order valence-corrected chi connectivity index (χ0v) is 12.5. The predicted octanol–water partition coefficient (Wildman–Crippen LogP) is 2.66. The second-order valence-corrected chi connectivity index (χ2v) is 5.30. The fraction of sp³-hybridized carbons (Fsp3) is 0.933. The molecule has 0 aliphatic heterocycles. The highest BCUT2D eigenvalue weighted by atomic mass is 16.5. The first kappa shape index (κ1) is 16.4. The molecule has 112 valence electrons. The first-order valence-electron chi connectivity index (χ1n) is 7.70. The van der Waals surface area contributed by atoms with E-state index in [9.17, 15) is 4.79 Å². The summed E-state index contributed by atoms with van der Waals surface area (Å²) in [6.45, 7) is 3.53. The van der Waals surface area contributed by atoms with Crippen LogP contribution in [-0.2, 0) is 14.3 Å². The molecular weight excluding hydrogens is 242 g/mol. The molecule has 0 amide bonds. The van der Waals surface area contributed by atoms with Crippen LogP contribution in [0.3, 0.4) is 0 Å². The van der Waals surface area contributed by atoms with Gasteiger partial charge >= 0.3 is 5.97 Å². The number of unbranched alkanes of at least 4 members (excludes halogenated alkanes) is 1. The van der Waals surface area contributed by atoms with Gasteiger partial charge in [-0.15, -0.1) is 0 Å². The summed E-state index contributed by atoms with van der Waals surface area (Å²) in [5.41, 5.74) is 0. The van der Waals surface area contributed by atoms with Crippen molar-refractivity contribution in [3.05, 3.63) is 0 Å². The lowest BCUT2D eigenvalue weighted by Gasteiger charge is -2.23. The largest absolute Gasteiger partial charge is 0.468 e. The molecule has 0 saturated heterocycles. The second-order valence-electron chi connectivity index (χ2n) is 5.30. The Labute approximate surface area is 117 Å². The summed E-state index contributed by atoms with van der Waals surface area (Å²) >= 11 is 0. The van der Waals surface area contributed by atoms with Crippen molar-refractivity contribution in [2.75, 3.05) is 20.3 Å². The third-order valence-corrected chi connectivity index (χ3v) is 3.73. The highest BCUT2D eigenvalue weighted by Gasteiger charge is 2.18. The Balaban J connectivity index is 2.14. The van der Waals surface area contributed by atoms with Crippen molar-refractivity contribution in [3.63, 3.8) is 0 Å². The van der Waals surface area contributed by atoms with Crippen LogP contribution in [-0.4, -0.2) is 38.4 Å². The number of hydrogen-bond acceptors (Lipinski definition) is 4. The molecule has 0 aromatic rings. The summed E-state index contributed by atoms with van der Waals surface area (Å²) in [7, 11) is 1.45. The zero-order chi connectivity index (χ0) is 13.9. The average molecular weight is 271 g/mol. The first-order valence-corrected chi connectivity index (χ1v) is 7.70. The SMILES string of the molecule is CCCCC(NCCOC1CCCCC1)C(=O)OC. The molecule has 19 heavy (non-hydrogen) atoms. The average Bonchev–Trinajstić information content (AvgIpc) is 2.47. The van der Waals surface area contributed by atoms with Crippen molar-refractivity contribution < 1.29 is 14.3 Å². The number of esters is 1. The van der Waals surface area contributed by atoms with E-state index < -0.39 is 0 Å². The Hall–Kier alpha value is -0.610. The summed E-state index contributed by atoms with van der Waals surface area (Å²) in [5, 5.41) is 3.25. The minimum Gasteiger partial charge on any atom is -0.468 e. The highest BCUT2D eigenvalue weighted by Crippen LogP contribution is 2.19. The monoisotopic (exact) mass is 271 g/mol. The molecule has 1 N–H and O–H groups in total. The van der Waals surface area contributed by atoms with Gasteiger partial charge in [-0.25, -0.2) is 0 Å². The molecular formula is C15H29NO3. The second kappa shape index (κ2) is 10.2. The molecule has 4 nitrogen and oxygen atoms in total. The first-order chi connectivity index (χ1) is 9.27. The normalized spacial score (nSPS) is 18.2. The Morgan fingerprint density at radius 2 is 2.05 bits per heavy atom. The highest BCUT2D eigenvalue weighted by molar-refractivity contribution is 5.75. The maximum atomic E-state index is 11.6. The molecule has 1 aliphatic rings. The maximum Gasteiger partial charge on any atom is 0.322 e. The van der Waals surface area contributed by atoms with Gasteiger partial charge in [0.25, 0.3) is 0 Å². The number of hydrogen-bond donors (Lipinski definition) is 1. The summed E-state index contributed by atoms with van der Waals surface area (Å²) in [6.07, 6.45) is 9.71. The third kappa shape index (κ3) is 6.92. The van der Waals surface area contributed by atoms with E-state index >= 15 is 0 Å². The van der Waals surface area contributed by atoms with Gasteiger partial charge in [-0.2, -0.15) is 0 Å². The minimum absolute atomic E-state index is 0.161. The van der Waals surface area contributed by atoms with Crippen LogP contribution in [0.4, 0.5) is 0 Å². The minimum atomic E-state index is -0.181. The molecule has 0 heterocycles. The molecule has 0 aromatic heterocycles. The number of rotatable bonds is 9. The molecule has 1 saturated carbocycles. The van der Waals surface area contributed by atoms with Crippen molar-refractivity contribution in [3.8, 4) is 0 Å². The zero-order valence-electron chi connectivity index (χ0n) is 12.5. The van der Waals surface area contributed by atoms with E-state index in [1.165, 1.54) is 39.2 Å². The van der Waals surface area contributed by atoms with Gasteiger partial charge in [-0.05, 0) is 19.3 Å². The Morgan fingerprint density at radius 3 is 2.68 bits per heavy atom. The molecule has 0 spiro atoms. The molecule has 0 bridgehead atoms. The quantitative estimate of drug-likeness (QED) is 0.517. The van der Waals surface area contributed by atoms with Crippen LogP contribution in [0.15, 0.2) is 0 Å². The molecule has 4 heteroatoms. The van der Waals surface area contributed by atoms with Crippen LogP contribution < -0.4 is 5.32 Å². The van der Waals surface area contributed by atoms with E-state index in [-0.39, 0.29) is 12.0 Å². The van der Waals surface area contributed by atoms with Crippen LogP contribution >= 0.6 is 0 Å². The molecule has 1 rings (SSSR count). The Bertz CT molecular complexity index is 240. The summed E-state index contributed by atoms with van der Waals surface area (Å²) in [5.74, 6) is -0.161. The molecule has 1 atom stereocenters. The van der Waals surface area contributed by atoms with Crippen LogP contribution in [0.2, 0.25) is 0 Å². The standard InChI is InChI=1S/C15H29NO3/c1-3-4-10-14(15(17)18-2)16-11-12-19-13-8-6-5-7-9-13/h13-14,16H,3-12H2,1-2H3. The lowest BCUT2D eigenvalue weighted by molar-refractivity contribution is -0.143. The van der Waals surface area contributed by atoms with Crippen molar-refractivity contribution in [1.82, 2.24) is 5.32 Å². The van der Waals surface area contributed by atoms with Crippen molar-refractivity contribution in [1.29, 1.82) is 0 Å². The van der Waals surface area contributed by atoms with Crippen molar-refractivity contribution in [2.45, 2.75) is 70.4 Å². The Morgan fingerprint density at radius 1 is 1.32 bits per heavy atom. The smallest absolute Gasteiger partial charge is 0.322 e. The fourth-order valence-electron chi connectivity index (χ4n) is 2.54. The molecule has 1 unspecified atom stereocenters. The molecule has 0 aromatic carbocycles. The van der Waals surface area contributed by atoms with Gasteiger partial charge in [-0.1, -0.05) is 39.0 Å². The third-order valence-electron chi connectivity index (χ3n) is 3.73. The Kier molecular flexibility index (Phi) is 8.84. The van der Waals surface area contributed by atoms with E-state index in [0.29, 0.717) is 12.7 Å². The number of methoxy groups -OCH3 is 1. The van der Waals surface area contributed by atoms with Crippen molar-refractivity contribution in [2.24, 2.45) is 0 Å². The van der Waals surface area contributed by atoms with Gasteiger partial charge in [-0.3, -0.25) is 4.79 Å². The van der Waals surface area contributed by atoms with Gasteiger partial charge in [0, 0.05) is 6.54 Å². The lowest BCUT2D eigenvalue weighted by atomic mass is 9.98. The van der Waals surface area contributed by atoms with E-state index in [4.69, 9.17) is 9.47 Å². The van der Waals surface area contributed by atoms with Gasteiger partial charge < -0.3 is 14.8 Å². The fourth-order valence-corrected chi connectivity index (χ4v) is 2.54. The van der Waals surface area contributed by atoms with Gasteiger partial charge in [0.2, 0.25) is 0 Å². The summed E-state index contributed by atoms with van der Waals surface area (Å²) in [6, 6.07) is -0.181. The van der Waals surface area contributed by atoms with E-state index in [2.05, 4.69) is 12.2 Å². The molecule has 0 radical (unpaired) electrons. The topological polar surface area (TPSA) is 47.6 Å². The molecule has 1 aliphatic carbocycles.